The molecule has 2 aromatic carbocycles. The number of hydrogen-bond acceptors (Lipinski definition) is 5. The average Bonchev–Trinajstić information content (AvgIpc) is 2.64. The summed E-state index contributed by atoms with van der Waals surface area (Å²) in [4.78, 5) is 21.2. The number of anilines is 3. The van der Waals surface area contributed by atoms with Gasteiger partial charge in [0, 0.05) is 22.1 Å². The van der Waals surface area contributed by atoms with E-state index in [1.54, 1.807) is 30.3 Å². The van der Waals surface area contributed by atoms with Crippen LogP contribution in [0.15, 0.2) is 54.6 Å². The quantitative estimate of drug-likeness (QED) is 0.597. The molecule has 1 amide bonds. The van der Waals surface area contributed by atoms with Crippen molar-refractivity contribution in [1.82, 2.24) is 9.97 Å². The number of hydrogen-bond donors (Lipinski definition) is 2. The van der Waals surface area contributed by atoms with Crippen LogP contribution in [-0.4, -0.2) is 22.0 Å². The number of amides is 1. The predicted octanol–water partition coefficient (Wildman–Crippen LogP) is 5.22. The van der Waals surface area contributed by atoms with Crippen molar-refractivity contribution in [3.8, 4) is 5.75 Å². The first-order valence-corrected chi connectivity index (χ1v) is 9.23. The molecule has 1 heterocycles. The van der Waals surface area contributed by atoms with Crippen molar-refractivity contribution in [2.45, 2.75) is 26.9 Å². The van der Waals surface area contributed by atoms with E-state index in [1.165, 1.54) is 0 Å². The van der Waals surface area contributed by atoms with Crippen molar-refractivity contribution in [1.29, 1.82) is 0 Å². The van der Waals surface area contributed by atoms with Gasteiger partial charge >= 0.3 is 0 Å². The summed E-state index contributed by atoms with van der Waals surface area (Å²) in [6.07, 6.45) is 0.112. The van der Waals surface area contributed by atoms with Crippen LogP contribution in [0.3, 0.4) is 0 Å². The maximum absolute atomic E-state index is 12.5. The third kappa shape index (κ3) is 5.44. The number of aryl methyl sites for hydroxylation is 1. The van der Waals surface area contributed by atoms with E-state index in [4.69, 9.17) is 16.3 Å². The molecule has 0 bridgehead atoms. The zero-order valence-corrected chi connectivity index (χ0v) is 16.6. The van der Waals surface area contributed by atoms with Gasteiger partial charge in [-0.2, -0.15) is 0 Å². The van der Waals surface area contributed by atoms with Crippen LogP contribution in [0.5, 0.6) is 5.75 Å². The molecule has 3 rings (SSSR count). The Kier molecular flexibility index (Phi) is 6.11. The largest absolute Gasteiger partial charge is 0.491 e. The lowest BCUT2D eigenvalue weighted by atomic mass is 10.2. The fourth-order valence-electron chi connectivity index (χ4n) is 2.49. The van der Waals surface area contributed by atoms with Crippen LogP contribution in [0.25, 0.3) is 0 Å². The summed E-state index contributed by atoms with van der Waals surface area (Å²) in [7, 11) is 0. The SMILES string of the molecule is Cc1cc(C(=O)Nc2ccc(Cl)cc2)nc(Nc2ccc(OC(C)C)cc2)n1. The van der Waals surface area contributed by atoms with Gasteiger partial charge in [0.25, 0.3) is 5.91 Å². The van der Waals surface area contributed by atoms with Crippen LogP contribution in [0.4, 0.5) is 17.3 Å². The second-order valence-corrected chi connectivity index (χ2v) is 6.93. The lowest BCUT2D eigenvalue weighted by molar-refractivity contribution is 0.102. The minimum Gasteiger partial charge on any atom is -0.491 e. The molecule has 0 unspecified atom stereocenters. The first kappa shape index (κ1) is 19.6. The second kappa shape index (κ2) is 8.71. The summed E-state index contributed by atoms with van der Waals surface area (Å²) in [6.45, 7) is 5.76. The number of benzene rings is 2. The molecule has 144 valence electrons. The minimum atomic E-state index is -0.323. The number of nitrogens with one attached hydrogen (secondary N) is 2. The van der Waals surface area contributed by atoms with Crippen LogP contribution in [-0.2, 0) is 0 Å². The van der Waals surface area contributed by atoms with Crippen LogP contribution in [0, 0.1) is 6.92 Å². The molecule has 0 spiro atoms. The highest BCUT2D eigenvalue weighted by Gasteiger charge is 2.11. The number of halogens is 1. The second-order valence-electron chi connectivity index (χ2n) is 6.50. The van der Waals surface area contributed by atoms with Gasteiger partial charge in [0.1, 0.15) is 11.4 Å². The minimum absolute atomic E-state index is 0.112. The van der Waals surface area contributed by atoms with Gasteiger partial charge in [-0.3, -0.25) is 4.79 Å². The molecule has 0 fully saturated rings. The van der Waals surface area contributed by atoms with E-state index < -0.39 is 0 Å². The van der Waals surface area contributed by atoms with E-state index in [-0.39, 0.29) is 17.7 Å². The molecule has 2 N–H and O–H groups in total. The topological polar surface area (TPSA) is 76.1 Å². The Morgan fingerprint density at radius 2 is 1.64 bits per heavy atom. The lowest BCUT2D eigenvalue weighted by Gasteiger charge is -2.11. The van der Waals surface area contributed by atoms with Crippen molar-refractivity contribution in [3.63, 3.8) is 0 Å². The molecule has 1 aromatic heterocycles. The van der Waals surface area contributed by atoms with E-state index in [2.05, 4.69) is 20.6 Å². The molecule has 0 aliphatic carbocycles. The van der Waals surface area contributed by atoms with Gasteiger partial charge in [-0.1, -0.05) is 11.6 Å². The summed E-state index contributed by atoms with van der Waals surface area (Å²) in [5.41, 5.74) is 2.38. The summed E-state index contributed by atoms with van der Waals surface area (Å²) in [6, 6.07) is 16.0. The molecular formula is C21H21ClN4O2. The van der Waals surface area contributed by atoms with Crippen molar-refractivity contribution in [3.05, 3.63) is 71.0 Å². The lowest BCUT2D eigenvalue weighted by Crippen LogP contribution is -2.15. The maximum Gasteiger partial charge on any atom is 0.274 e. The Hall–Kier alpha value is -3.12. The van der Waals surface area contributed by atoms with E-state index >= 15 is 0 Å². The number of carbonyl (C=O) groups excluding carboxylic acids is 1. The zero-order valence-electron chi connectivity index (χ0n) is 15.9. The van der Waals surface area contributed by atoms with Crippen LogP contribution < -0.4 is 15.4 Å². The Morgan fingerprint density at radius 1 is 1.00 bits per heavy atom. The van der Waals surface area contributed by atoms with E-state index in [0.29, 0.717) is 22.4 Å². The number of aromatic nitrogens is 2. The molecule has 3 aromatic rings. The van der Waals surface area contributed by atoms with Gasteiger partial charge in [-0.25, -0.2) is 9.97 Å². The number of rotatable bonds is 6. The maximum atomic E-state index is 12.5. The summed E-state index contributed by atoms with van der Waals surface area (Å²) >= 11 is 5.87. The molecule has 0 saturated heterocycles. The monoisotopic (exact) mass is 396 g/mol. The van der Waals surface area contributed by atoms with E-state index in [1.807, 2.05) is 45.0 Å². The highest BCUT2D eigenvalue weighted by Crippen LogP contribution is 2.20. The predicted molar refractivity (Wildman–Crippen MR) is 112 cm³/mol. The fourth-order valence-corrected chi connectivity index (χ4v) is 2.61. The molecule has 0 radical (unpaired) electrons. The van der Waals surface area contributed by atoms with Crippen molar-refractivity contribution >= 4 is 34.8 Å². The zero-order chi connectivity index (χ0) is 20.1. The van der Waals surface area contributed by atoms with Crippen LogP contribution in [0.2, 0.25) is 5.02 Å². The normalized spacial score (nSPS) is 10.6. The van der Waals surface area contributed by atoms with Gasteiger partial charge in [0.2, 0.25) is 5.95 Å². The van der Waals surface area contributed by atoms with Gasteiger partial charge in [-0.15, -0.1) is 0 Å². The Labute approximate surface area is 168 Å². The third-order valence-electron chi connectivity index (χ3n) is 3.67. The van der Waals surface area contributed by atoms with Crippen molar-refractivity contribution in [2.75, 3.05) is 10.6 Å². The fraction of sp³-hybridized carbons (Fsp3) is 0.190. The number of ether oxygens (including phenoxy) is 1. The average molecular weight is 397 g/mol. The van der Waals surface area contributed by atoms with Gasteiger partial charge in [0.15, 0.2) is 0 Å². The van der Waals surface area contributed by atoms with Gasteiger partial charge in [-0.05, 0) is 75.4 Å². The van der Waals surface area contributed by atoms with E-state index in [9.17, 15) is 4.79 Å². The number of nitrogens with zero attached hydrogens (tertiary/aromatic N) is 2. The first-order chi connectivity index (χ1) is 13.4. The van der Waals surface area contributed by atoms with Crippen LogP contribution >= 0.6 is 11.6 Å². The molecule has 0 atom stereocenters. The Balaban J connectivity index is 1.73. The smallest absolute Gasteiger partial charge is 0.274 e. The van der Waals surface area contributed by atoms with Crippen molar-refractivity contribution < 1.29 is 9.53 Å². The summed E-state index contributed by atoms with van der Waals surface area (Å²) < 4.78 is 5.63. The molecule has 6 nitrogen and oxygen atoms in total. The standard InChI is InChI=1S/C21H21ClN4O2/c1-13(2)28-18-10-8-17(9-11-18)25-21-23-14(3)12-19(26-21)20(27)24-16-6-4-15(22)5-7-16/h4-13H,1-3H3,(H,24,27)(H,23,25,26). The first-order valence-electron chi connectivity index (χ1n) is 8.85. The Morgan fingerprint density at radius 3 is 2.29 bits per heavy atom. The molecular weight excluding hydrogens is 376 g/mol. The van der Waals surface area contributed by atoms with E-state index in [0.717, 1.165) is 11.4 Å². The van der Waals surface area contributed by atoms with Crippen LogP contribution in [0.1, 0.15) is 30.0 Å². The summed E-state index contributed by atoms with van der Waals surface area (Å²) in [5, 5.41) is 6.52. The summed E-state index contributed by atoms with van der Waals surface area (Å²) in [5.74, 6) is 0.809. The highest BCUT2D eigenvalue weighted by molar-refractivity contribution is 6.30. The van der Waals surface area contributed by atoms with Crippen molar-refractivity contribution in [2.24, 2.45) is 0 Å². The molecule has 0 aliphatic rings. The molecule has 28 heavy (non-hydrogen) atoms. The molecule has 7 heteroatoms. The molecule has 0 aliphatic heterocycles. The number of carbonyl (C=O) groups is 1. The Bertz CT molecular complexity index is 957. The highest BCUT2D eigenvalue weighted by atomic mass is 35.5. The third-order valence-corrected chi connectivity index (χ3v) is 3.92. The molecule has 0 saturated carbocycles. The van der Waals surface area contributed by atoms with Gasteiger partial charge in [0.05, 0.1) is 6.10 Å². The van der Waals surface area contributed by atoms with Gasteiger partial charge < -0.3 is 15.4 Å².